The molecule has 0 heterocycles. The van der Waals surface area contributed by atoms with Gasteiger partial charge in [-0.05, 0) is 23.8 Å². The van der Waals surface area contributed by atoms with Gasteiger partial charge < -0.3 is 5.32 Å². The molecule has 0 aliphatic heterocycles. The highest BCUT2D eigenvalue weighted by Gasteiger charge is 2.15. The van der Waals surface area contributed by atoms with E-state index in [1.54, 1.807) is 0 Å². The summed E-state index contributed by atoms with van der Waals surface area (Å²) in [5.74, 6) is -0.0221. The summed E-state index contributed by atoms with van der Waals surface area (Å²) in [6.45, 7) is 3.84. The van der Waals surface area contributed by atoms with Crippen molar-refractivity contribution in [2.45, 2.75) is 12.3 Å². The van der Waals surface area contributed by atoms with Crippen molar-refractivity contribution >= 4 is 27.5 Å². The molecule has 0 aliphatic carbocycles. The zero-order valence-electron chi connectivity index (χ0n) is 11.1. The van der Waals surface area contributed by atoms with Crippen molar-refractivity contribution in [3.05, 3.63) is 77.3 Å². The fourth-order valence-electron chi connectivity index (χ4n) is 2.03. The fourth-order valence-corrected chi connectivity index (χ4v) is 2.61. The first kappa shape index (κ1) is 14.5. The molecule has 2 rings (SSSR count). The second-order valence-electron chi connectivity index (χ2n) is 4.48. The van der Waals surface area contributed by atoms with Gasteiger partial charge in [0.15, 0.2) is 0 Å². The normalized spacial score (nSPS) is 11.7. The number of allylic oxidation sites excluding steroid dienone is 1. The number of carbonyl (C=O) groups excluding carboxylic acids is 1. The predicted octanol–water partition coefficient (Wildman–Crippen LogP) is 4.75. The highest BCUT2D eigenvalue weighted by molar-refractivity contribution is 9.10. The molecule has 1 atom stereocenters. The van der Waals surface area contributed by atoms with Gasteiger partial charge in [0.25, 0.3) is 0 Å². The van der Waals surface area contributed by atoms with Crippen LogP contribution in [0.4, 0.5) is 5.69 Å². The quantitative estimate of drug-likeness (QED) is 0.788. The van der Waals surface area contributed by atoms with Crippen LogP contribution in [-0.2, 0) is 4.79 Å². The molecule has 0 saturated heterocycles. The molecular weight excluding hydrogens is 314 g/mol. The number of hydrogen-bond acceptors (Lipinski definition) is 1. The third kappa shape index (κ3) is 3.81. The van der Waals surface area contributed by atoms with Crippen LogP contribution in [0.5, 0.6) is 0 Å². The number of rotatable bonds is 5. The van der Waals surface area contributed by atoms with E-state index in [1.165, 1.54) is 0 Å². The van der Waals surface area contributed by atoms with Gasteiger partial charge in [0.2, 0.25) is 5.91 Å². The molecule has 0 aliphatic rings. The van der Waals surface area contributed by atoms with Crippen LogP contribution in [-0.4, -0.2) is 5.91 Å². The molecule has 2 nitrogen and oxygen atoms in total. The molecule has 0 bridgehead atoms. The molecule has 0 fully saturated rings. The molecule has 2 aromatic rings. The van der Waals surface area contributed by atoms with Crippen molar-refractivity contribution in [3.8, 4) is 0 Å². The van der Waals surface area contributed by atoms with Crippen LogP contribution in [0.15, 0.2) is 71.7 Å². The number of anilines is 1. The Kier molecular flexibility index (Phi) is 5.13. The first-order chi connectivity index (χ1) is 9.70. The van der Waals surface area contributed by atoms with E-state index in [0.29, 0.717) is 6.42 Å². The Bertz CT molecular complexity index is 595. The molecule has 102 valence electrons. The van der Waals surface area contributed by atoms with E-state index < -0.39 is 0 Å². The van der Waals surface area contributed by atoms with Gasteiger partial charge in [-0.1, -0.05) is 58.4 Å². The predicted molar refractivity (Wildman–Crippen MR) is 86.8 cm³/mol. The summed E-state index contributed by atoms with van der Waals surface area (Å²) in [6.07, 6.45) is 2.19. The van der Waals surface area contributed by atoms with E-state index in [0.717, 1.165) is 15.7 Å². The van der Waals surface area contributed by atoms with Crippen LogP contribution in [0.1, 0.15) is 17.9 Å². The highest BCUT2D eigenvalue weighted by Crippen LogP contribution is 2.28. The minimum absolute atomic E-state index is 0.00529. The molecule has 1 N–H and O–H groups in total. The lowest BCUT2D eigenvalue weighted by molar-refractivity contribution is -0.116. The molecule has 1 amide bonds. The van der Waals surface area contributed by atoms with Gasteiger partial charge in [0, 0.05) is 22.5 Å². The Labute approximate surface area is 127 Å². The summed E-state index contributed by atoms with van der Waals surface area (Å²) >= 11 is 3.51. The van der Waals surface area contributed by atoms with E-state index in [-0.39, 0.29) is 11.8 Å². The van der Waals surface area contributed by atoms with Gasteiger partial charge in [0.1, 0.15) is 0 Å². The number of nitrogens with one attached hydrogen (secondary N) is 1. The van der Waals surface area contributed by atoms with Crippen molar-refractivity contribution in [2.24, 2.45) is 0 Å². The lowest BCUT2D eigenvalue weighted by atomic mass is 9.95. The van der Waals surface area contributed by atoms with Crippen molar-refractivity contribution in [1.29, 1.82) is 0 Å². The lowest BCUT2D eigenvalue weighted by Crippen LogP contribution is -2.14. The maximum Gasteiger partial charge on any atom is 0.225 e. The summed E-state index contributed by atoms with van der Waals surface area (Å²) in [5.41, 5.74) is 1.89. The third-order valence-electron chi connectivity index (χ3n) is 3.05. The van der Waals surface area contributed by atoms with Crippen molar-refractivity contribution < 1.29 is 4.79 Å². The second kappa shape index (κ2) is 7.06. The first-order valence-electron chi connectivity index (χ1n) is 6.42. The Morgan fingerprint density at radius 2 is 1.80 bits per heavy atom. The van der Waals surface area contributed by atoms with Crippen molar-refractivity contribution in [2.75, 3.05) is 5.32 Å². The lowest BCUT2D eigenvalue weighted by Gasteiger charge is -2.14. The van der Waals surface area contributed by atoms with E-state index >= 15 is 0 Å². The average molecular weight is 330 g/mol. The van der Waals surface area contributed by atoms with Gasteiger partial charge in [0.05, 0.1) is 0 Å². The minimum atomic E-state index is -0.0168. The van der Waals surface area contributed by atoms with E-state index in [9.17, 15) is 4.79 Å². The topological polar surface area (TPSA) is 29.1 Å². The number of halogens is 1. The first-order valence-corrected chi connectivity index (χ1v) is 7.22. The number of carbonyl (C=O) groups is 1. The molecule has 0 spiro atoms. The van der Waals surface area contributed by atoms with Crippen LogP contribution < -0.4 is 5.32 Å². The molecular formula is C17H16BrNO. The largest absolute Gasteiger partial charge is 0.326 e. The number of hydrogen-bond donors (Lipinski definition) is 1. The molecule has 0 unspecified atom stereocenters. The van der Waals surface area contributed by atoms with Gasteiger partial charge in [-0.25, -0.2) is 0 Å². The molecule has 0 radical (unpaired) electrons. The Hall–Kier alpha value is -1.87. The second-order valence-corrected chi connectivity index (χ2v) is 5.34. The number of amides is 1. The maximum atomic E-state index is 12.1. The summed E-state index contributed by atoms with van der Waals surface area (Å²) in [4.78, 5) is 12.1. The van der Waals surface area contributed by atoms with Crippen LogP contribution in [0.25, 0.3) is 0 Å². The summed E-state index contributed by atoms with van der Waals surface area (Å²) in [6, 6.07) is 17.4. The molecule has 2 aromatic carbocycles. The Balaban J connectivity index is 2.05. The van der Waals surface area contributed by atoms with Crippen LogP contribution in [0, 0.1) is 0 Å². The molecule has 0 aromatic heterocycles. The Morgan fingerprint density at radius 3 is 2.45 bits per heavy atom. The monoisotopic (exact) mass is 329 g/mol. The molecule has 0 saturated carbocycles. The summed E-state index contributed by atoms with van der Waals surface area (Å²) < 4.78 is 0.998. The standard InChI is InChI=1S/C17H16BrNO/c1-2-13(15-10-6-7-11-16(15)18)12-17(20)19-14-8-4-3-5-9-14/h2-11,13H,1,12H2,(H,19,20)/t13-/m0/s1. The smallest absolute Gasteiger partial charge is 0.225 e. The highest BCUT2D eigenvalue weighted by atomic mass is 79.9. The summed E-state index contributed by atoms with van der Waals surface area (Å²) in [7, 11) is 0. The third-order valence-corrected chi connectivity index (χ3v) is 3.77. The average Bonchev–Trinajstić information content (AvgIpc) is 2.46. The van der Waals surface area contributed by atoms with E-state index in [4.69, 9.17) is 0 Å². The maximum absolute atomic E-state index is 12.1. The van der Waals surface area contributed by atoms with Crippen LogP contribution in [0.2, 0.25) is 0 Å². The number of para-hydroxylation sites is 1. The van der Waals surface area contributed by atoms with Crippen molar-refractivity contribution in [3.63, 3.8) is 0 Å². The SMILES string of the molecule is C=C[C@@H](CC(=O)Nc1ccccc1)c1ccccc1Br. The van der Waals surface area contributed by atoms with Gasteiger partial charge >= 0.3 is 0 Å². The molecule has 20 heavy (non-hydrogen) atoms. The van der Waals surface area contributed by atoms with E-state index in [1.807, 2.05) is 60.7 Å². The minimum Gasteiger partial charge on any atom is -0.326 e. The number of benzene rings is 2. The van der Waals surface area contributed by atoms with Crippen LogP contribution >= 0.6 is 15.9 Å². The Morgan fingerprint density at radius 1 is 1.15 bits per heavy atom. The zero-order chi connectivity index (χ0) is 14.4. The molecule has 3 heteroatoms. The van der Waals surface area contributed by atoms with Crippen molar-refractivity contribution in [1.82, 2.24) is 0 Å². The van der Waals surface area contributed by atoms with Gasteiger partial charge in [-0.3, -0.25) is 4.79 Å². The zero-order valence-corrected chi connectivity index (χ0v) is 12.6. The van der Waals surface area contributed by atoms with Gasteiger partial charge in [-0.15, -0.1) is 6.58 Å². The van der Waals surface area contributed by atoms with Gasteiger partial charge in [-0.2, -0.15) is 0 Å². The summed E-state index contributed by atoms with van der Waals surface area (Å²) in [5, 5.41) is 2.89. The van der Waals surface area contributed by atoms with Crippen LogP contribution in [0.3, 0.4) is 0 Å². The van der Waals surface area contributed by atoms with E-state index in [2.05, 4.69) is 27.8 Å². The fraction of sp³-hybridized carbons (Fsp3) is 0.118.